The SMILES string of the molecule is O=S(=O)(c1ccc(Cl)cc1)c1cnc2c(Cl)ccc(Cl)c2c1N1CCOCC1. The molecule has 0 saturated carbocycles. The molecule has 0 spiro atoms. The molecule has 0 bridgehead atoms. The number of nitrogens with zero attached hydrogens (tertiary/aromatic N) is 2. The minimum absolute atomic E-state index is 0.0772. The molecule has 4 rings (SSSR count). The number of ether oxygens (including phenoxy) is 1. The molecule has 1 aliphatic heterocycles. The zero-order valence-corrected chi connectivity index (χ0v) is 17.6. The molecule has 146 valence electrons. The van der Waals surface area contributed by atoms with Gasteiger partial charge in [-0.15, -0.1) is 0 Å². The van der Waals surface area contributed by atoms with Crippen LogP contribution in [0.5, 0.6) is 0 Å². The van der Waals surface area contributed by atoms with Crippen LogP contribution >= 0.6 is 34.8 Å². The van der Waals surface area contributed by atoms with E-state index in [4.69, 9.17) is 39.5 Å². The molecule has 0 atom stereocenters. The Bertz CT molecular complexity index is 1150. The number of rotatable bonds is 3. The summed E-state index contributed by atoms with van der Waals surface area (Å²) in [5, 5.41) is 1.77. The molecule has 0 amide bonds. The van der Waals surface area contributed by atoms with Crippen LogP contribution in [-0.2, 0) is 14.6 Å². The summed E-state index contributed by atoms with van der Waals surface area (Å²) in [5.74, 6) is 0. The van der Waals surface area contributed by atoms with Crippen LogP contribution in [0.4, 0.5) is 5.69 Å². The van der Waals surface area contributed by atoms with Crippen molar-refractivity contribution in [2.24, 2.45) is 0 Å². The number of anilines is 1. The topological polar surface area (TPSA) is 59.5 Å². The Morgan fingerprint density at radius 2 is 1.57 bits per heavy atom. The monoisotopic (exact) mass is 456 g/mol. The molecular formula is C19H15Cl3N2O3S. The average molecular weight is 458 g/mol. The fourth-order valence-electron chi connectivity index (χ4n) is 3.24. The van der Waals surface area contributed by atoms with Gasteiger partial charge in [0.05, 0.1) is 39.4 Å². The molecule has 0 radical (unpaired) electrons. The lowest BCUT2D eigenvalue weighted by Crippen LogP contribution is -2.37. The molecule has 2 aromatic carbocycles. The minimum Gasteiger partial charge on any atom is -0.378 e. The van der Waals surface area contributed by atoms with Crippen molar-refractivity contribution in [2.75, 3.05) is 31.2 Å². The lowest BCUT2D eigenvalue weighted by Gasteiger charge is -2.31. The van der Waals surface area contributed by atoms with Crippen LogP contribution in [0.1, 0.15) is 0 Å². The first-order valence-electron chi connectivity index (χ1n) is 8.49. The zero-order valence-electron chi connectivity index (χ0n) is 14.5. The molecule has 28 heavy (non-hydrogen) atoms. The summed E-state index contributed by atoms with van der Waals surface area (Å²) in [6, 6.07) is 9.34. The average Bonchev–Trinajstić information content (AvgIpc) is 2.71. The Hall–Kier alpha value is -1.57. The van der Waals surface area contributed by atoms with Crippen molar-refractivity contribution >= 4 is 61.2 Å². The number of benzene rings is 2. The normalized spacial score (nSPS) is 15.2. The Morgan fingerprint density at radius 1 is 0.929 bits per heavy atom. The molecule has 2 heterocycles. The minimum atomic E-state index is -3.86. The van der Waals surface area contributed by atoms with Crippen molar-refractivity contribution in [1.82, 2.24) is 4.98 Å². The maximum Gasteiger partial charge on any atom is 0.210 e. The van der Waals surface area contributed by atoms with Crippen LogP contribution in [-0.4, -0.2) is 39.7 Å². The van der Waals surface area contributed by atoms with Crippen LogP contribution in [0.25, 0.3) is 10.9 Å². The van der Waals surface area contributed by atoms with Gasteiger partial charge in [-0.2, -0.15) is 0 Å². The van der Waals surface area contributed by atoms with Gasteiger partial charge in [-0.25, -0.2) is 8.42 Å². The molecule has 5 nitrogen and oxygen atoms in total. The highest BCUT2D eigenvalue weighted by molar-refractivity contribution is 7.91. The van der Waals surface area contributed by atoms with Crippen LogP contribution in [0.3, 0.4) is 0 Å². The molecule has 0 aliphatic carbocycles. The third kappa shape index (κ3) is 3.44. The lowest BCUT2D eigenvalue weighted by molar-refractivity contribution is 0.122. The van der Waals surface area contributed by atoms with E-state index in [1.165, 1.54) is 18.3 Å². The molecule has 0 N–H and O–H groups in total. The lowest BCUT2D eigenvalue weighted by atomic mass is 10.1. The van der Waals surface area contributed by atoms with Gasteiger partial charge in [0, 0.05) is 29.7 Å². The van der Waals surface area contributed by atoms with E-state index in [1.54, 1.807) is 24.3 Å². The third-order valence-corrected chi connectivity index (χ3v) is 7.24. The largest absolute Gasteiger partial charge is 0.378 e. The molecule has 1 aliphatic rings. The van der Waals surface area contributed by atoms with Gasteiger partial charge in [-0.3, -0.25) is 4.98 Å². The smallest absolute Gasteiger partial charge is 0.210 e. The summed E-state index contributed by atoms with van der Waals surface area (Å²) in [7, 11) is -3.86. The number of pyridine rings is 1. The molecule has 1 saturated heterocycles. The number of hydrogen-bond acceptors (Lipinski definition) is 5. The van der Waals surface area contributed by atoms with E-state index in [9.17, 15) is 8.42 Å². The van der Waals surface area contributed by atoms with Crippen LogP contribution in [0.15, 0.2) is 52.4 Å². The van der Waals surface area contributed by atoms with E-state index in [0.717, 1.165) is 0 Å². The maximum absolute atomic E-state index is 13.4. The van der Waals surface area contributed by atoms with Gasteiger partial charge < -0.3 is 9.64 Å². The van der Waals surface area contributed by atoms with Gasteiger partial charge in [0.25, 0.3) is 0 Å². The molecule has 1 aromatic heterocycles. The quantitative estimate of drug-likeness (QED) is 0.562. The van der Waals surface area contributed by atoms with E-state index in [0.29, 0.717) is 58.0 Å². The van der Waals surface area contributed by atoms with Gasteiger partial charge in [-0.1, -0.05) is 34.8 Å². The van der Waals surface area contributed by atoms with Crippen molar-refractivity contribution < 1.29 is 13.2 Å². The highest BCUT2D eigenvalue weighted by atomic mass is 35.5. The first-order valence-corrected chi connectivity index (χ1v) is 11.1. The molecular weight excluding hydrogens is 443 g/mol. The standard InChI is InChI=1S/C19H15Cl3N2O3S/c20-12-1-3-13(4-2-12)28(25,26)16-11-23-18-15(22)6-5-14(21)17(18)19(16)24-7-9-27-10-8-24/h1-6,11H,7-10H2. The maximum atomic E-state index is 13.4. The Morgan fingerprint density at radius 3 is 2.25 bits per heavy atom. The van der Waals surface area contributed by atoms with E-state index >= 15 is 0 Å². The van der Waals surface area contributed by atoms with E-state index in [-0.39, 0.29) is 9.79 Å². The summed E-state index contributed by atoms with van der Waals surface area (Å²) >= 11 is 18.7. The van der Waals surface area contributed by atoms with Gasteiger partial charge in [0.15, 0.2) is 0 Å². The van der Waals surface area contributed by atoms with Crippen LogP contribution in [0, 0.1) is 0 Å². The van der Waals surface area contributed by atoms with E-state index < -0.39 is 9.84 Å². The molecule has 0 unspecified atom stereocenters. The van der Waals surface area contributed by atoms with Gasteiger partial charge >= 0.3 is 0 Å². The van der Waals surface area contributed by atoms with Crippen molar-refractivity contribution in [3.8, 4) is 0 Å². The third-order valence-electron chi connectivity index (χ3n) is 4.60. The van der Waals surface area contributed by atoms with Gasteiger partial charge in [0.1, 0.15) is 4.90 Å². The van der Waals surface area contributed by atoms with Crippen molar-refractivity contribution in [3.05, 3.63) is 57.7 Å². The first-order chi connectivity index (χ1) is 13.4. The first kappa shape index (κ1) is 19.7. The second-order valence-electron chi connectivity index (χ2n) is 6.28. The molecule has 9 heteroatoms. The number of morpholine rings is 1. The second-order valence-corrected chi connectivity index (χ2v) is 9.45. The number of fused-ring (bicyclic) bond motifs is 1. The summed E-state index contributed by atoms with van der Waals surface area (Å²) in [6.07, 6.45) is 1.35. The van der Waals surface area contributed by atoms with Crippen molar-refractivity contribution in [3.63, 3.8) is 0 Å². The van der Waals surface area contributed by atoms with Gasteiger partial charge in [-0.05, 0) is 36.4 Å². The van der Waals surface area contributed by atoms with E-state index in [1.807, 2.05) is 4.90 Å². The van der Waals surface area contributed by atoms with Crippen LogP contribution < -0.4 is 4.90 Å². The summed E-state index contributed by atoms with van der Waals surface area (Å²) in [6.45, 7) is 2.04. The number of halogens is 3. The van der Waals surface area contributed by atoms with Crippen molar-refractivity contribution in [2.45, 2.75) is 9.79 Å². The number of hydrogen-bond donors (Lipinski definition) is 0. The fraction of sp³-hybridized carbons (Fsp3) is 0.211. The van der Waals surface area contributed by atoms with Gasteiger partial charge in [0.2, 0.25) is 9.84 Å². The Kier molecular flexibility index (Phi) is 5.42. The van der Waals surface area contributed by atoms with Crippen LogP contribution in [0.2, 0.25) is 15.1 Å². The molecule has 1 fully saturated rings. The summed E-state index contributed by atoms with van der Waals surface area (Å²) < 4.78 is 32.3. The zero-order chi connectivity index (χ0) is 19.9. The highest BCUT2D eigenvalue weighted by Gasteiger charge is 2.29. The number of aromatic nitrogens is 1. The Labute approximate surface area is 177 Å². The molecule has 3 aromatic rings. The predicted molar refractivity (Wildman–Crippen MR) is 112 cm³/mol. The summed E-state index contributed by atoms with van der Waals surface area (Å²) in [4.78, 5) is 6.49. The van der Waals surface area contributed by atoms with Crippen molar-refractivity contribution in [1.29, 1.82) is 0 Å². The fourth-order valence-corrected chi connectivity index (χ4v) is 5.24. The van der Waals surface area contributed by atoms with E-state index in [2.05, 4.69) is 4.98 Å². The second kappa shape index (κ2) is 7.69. The predicted octanol–water partition coefficient (Wildman–Crippen LogP) is 4.86. The summed E-state index contributed by atoms with van der Waals surface area (Å²) in [5.41, 5.74) is 0.960. The number of sulfone groups is 1. The Balaban J connectivity index is 2.03. The highest BCUT2D eigenvalue weighted by Crippen LogP contribution is 2.41.